The molecule has 2 aromatic heterocycles. The highest BCUT2D eigenvalue weighted by molar-refractivity contribution is 7.13. The molecule has 1 fully saturated rings. The van der Waals surface area contributed by atoms with Crippen molar-refractivity contribution in [3.63, 3.8) is 0 Å². The van der Waals surface area contributed by atoms with Crippen molar-refractivity contribution in [2.45, 2.75) is 25.2 Å². The Labute approximate surface area is 85.8 Å². The Morgan fingerprint density at radius 2 is 2.36 bits per heavy atom. The lowest BCUT2D eigenvalue weighted by Gasteiger charge is -2.22. The molecule has 14 heavy (non-hydrogen) atoms. The first-order chi connectivity index (χ1) is 6.93. The second-order valence-electron chi connectivity index (χ2n) is 3.58. The topological polar surface area (TPSA) is 38.9 Å². The molecule has 3 nitrogen and oxygen atoms in total. The Morgan fingerprint density at radius 3 is 3.00 bits per heavy atom. The first-order valence-corrected chi connectivity index (χ1v) is 5.65. The van der Waals surface area contributed by atoms with Crippen molar-refractivity contribution >= 4 is 11.3 Å². The average molecular weight is 206 g/mol. The zero-order valence-corrected chi connectivity index (χ0v) is 8.46. The minimum atomic E-state index is 0.701. The summed E-state index contributed by atoms with van der Waals surface area (Å²) in [7, 11) is 0. The summed E-state index contributed by atoms with van der Waals surface area (Å²) < 4.78 is 4.93. The molecule has 4 heteroatoms. The number of aromatic nitrogens is 2. The largest absolute Gasteiger partial charge is 0.451 e. The minimum absolute atomic E-state index is 0.701. The molecular weight excluding hydrogens is 196 g/mol. The van der Waals surface area contributed by atoms with Crippen molar-refractivity contribution < 1.29 is 4.42 Å². The second-order valence-corrected chi connectivity index (χ2v) is 4.44. The lowest BCUT2D eigenvalue weighted by molar-refractivity contribution is 0.413. The van der Waals surface area contributed by atoms with E-state index in [0.29, 0.717) is 5.92 Å². The second kappa shape index (κ2) is 3.20. The van der Waals surface area contributed by atoms with Gasteiger partial charge in [0.15, 0.2) is 6.39 Å². The summed E-state index contributed by atoms with van der Waals surface area (Å²) in [5.41, 5.74) is 2.08. The smallest absolute Gasteiger partial charge is 0.181 e. The van der Waals surface area contributed by atoms with Crippen LogP contribution in [0, 0.1) is 0 Å². The zero-order chi connectivity index (χ0) is 9.38. The van der Waals surface area contributed by atoms with E-state index in [4.69, 9.17) is 4.42 Å². The fourth-order valence-electron chi connectivity index (χ4n) is 1.61. The molecule has 0 spiro atoms. The van der Waals surface area contributed by atoms with Crippen LogP contribution in [0.5, 0.6) is 0 Å². The highest BCUT2D eigenvalue weighted by Crippen LogP contribution is 2.37. The van der Waals surface area contributed by atoms with Gasteiger partial charge in [-0.2, -0.15) is 0 Å². The maximum Gasteiger partial charge on any atom is 0.181 e. The van der Waals surface area contributed by atoms with Crippen LogP contribution in [0.1, 0.15) is 30.9 Å². The van der Waals surface area contributed by atoms with E-state index in [2.05, 4.69) is 15.3 Å². The maximum absolute atomic E-state index is 4.93. The predicted octanol–water partition coefficient (Wildman–Crippen LogP) is 3.07. The van der Waals surface area contributed by atoms with Gasteiger partial charge in [0.05, 0.1) is 5.69 Å². The molecule has 72 valence electrons. The zero-order valence-electron chi connectivity index (χ0n) is 7.64. The summed E-state index contributed by atoms with van der Waals surface area (Å²) in [4.78, 5) is 8.65. The van der Waals surface area contributed by atoms with E-state index in [0.717, 1.165) is 10.7 Å². The van der Waals surface area contributed by atoms with Crippen LogP contribution in [0.25, 0.3) is 10.7 Å². The fraction of sp³-hybridized carbons (Fsp3) is 0.400. The molecule has 0 bridgehead atoms. The Hall–Kier alpha value is -1.16. The van der Waals surface area contributed by atoms with Crippen LogP contribution in [0.15, 0.2) is 22.5 Å². The lowest BCUT2D eigenvalue weighted by atomic mass is 9.83. The third-order valence-corrected chi connectivity index (χ3v) is 3.58. The van der Waals surface area contributed by atoms with Crippen LogP contribution in [-0.2, 0) is 0 Å². The number of hydrogen-bond acceptors (Lipinski definition) is 4. The van der Waals surface area contributed by atoms with E-state index in [1.807, 2.05) is 0 Å². The molecule has 0 aliphatic heterocycles. The molecule has 0 amide bonds. The van der Waals surface area contributed by atoms with Crippen molar-refractivity contribution in [2.24, 2.45) is 0 Å². The van der Waals surface area contributed by atoms with Gasteiger partial charge in [0.25, 0.3) is 0 Å². The SMILES string of the molecule is c1nc(-c2nc(C3CCC3)cs2)co1. The minimum Gasteiger partial charge on any atom is -0.451 e. The van der Waals surface area contributed by atoms with Crippen molar-refractivity contribution in [1.29, 1.82) is 0 Å². The first kappa shape index (κ1) is 8.17. The molecule has 2 aromatic rings. The maximum atomic E-state index is 4.93. The summed E-state index contributed by atoms with van der Waals surface area (Å²) in [6, 6.07) is 0. The molecule has 0 saturated heterocycles. The molecule has 0 atom stereocenters. The van der Waals surface area contributed by atoms with Crippen LogP contribution in [-0.4, -0.2) is 9.97 Å². The number of oxazole rings is 1. The van der Waals surface area contributed by atoms with Gasteiger partial charge in [-0.25, -0.2) is 9.97 Å². The highest BCUT2D eigenvalue weighted by atomic mass is 32.1. The Balaban J connectivity index is 1.90. The number of thiazole rings is 1. The van der Waals surface area contributed by atoms with Gasteiger partial charge in [-0.05, 0) is 12.8 Å². The fourth-order valence-corrected chi connectivity index (χ4v) is 2.47. The third kappa shape index (κ3) is 1.26. The molecular formula is C10H10N2OS. The van der Waals surface area contributed by atoms with Gasteiger partial charge in [0.1, 0.15) is 17.0 Å². The first-order valence-electron chi connectivity index (χ1n) is 4.77. The Morgan fingerprint density at radius 1 is 1.43 bits per heavy atom. The number of hydrogen-bond donors (Lipinski definition) is 0. The van der Waals surface area contributed by atoms with Crippen LogP contribution in [0.2, 0.25) is 0 Å². The molecule has 1 aliphatic carbocycles. The monoisotopic (exact) mass is 206 g/mol. The van der Waals surface area contributed by atoms with Crippen molar-refractivity contribution in [3.8, 4) is 10.7 Å². The van der Waals surface area contributed by atoms with E-state index < -0.39 is 0 Å². The summed E-state index contributed by atoms with van der Waals surface area (Å²) in [5, 5.41) is 3.12. The van der Waals surface area contributed by atoms with Gasteiger partial charge in [-0.15, -0.1) is 11.3 Å². The van der Waals surface area contributed by atoms with Crippen molar-refractivity contribution in [1.82, 2.24) is 9.97 Å². The van der Waals surface area contributed by atoms with Gasteiger partial charge in [0, 0.05) is 11.3 Å². The summed E-state index contributed by atoms with van der Waals surface area (Å²) >= 11 is 1.65. The van der Waals surface area contributed by atoms with E-state index in [-0.39, 0.29) is 0 Å². The molecule has 0 N–H and O–H groups in total. The predicted molar refractivity (Wildman–Crippen MR) is 54.2 cm³/mol. The molecule has 1 saturated carbocycles. The van der Waals surface area contributed by atoms with Crippen LogP contribution >= 0.6 is 11.3 Å². The average Bonchev–Trinajstić information content (AvgIpc) is 2.65. The van der Waals surface area contributed by atoms with Gasteiger partial charge in [-0.3, -0.25) is 0 Å². The summed E-state index contributed by atoms with van der Waals surface area (Å²) in [6.07, 6.45) is 7.02. The van der Waals surface area contributed by atoms with Gasteiger partial charge in [-0.1, -0.05) is 6.42 Å². The van der Waals surface area contributed by atoms with E-state index in [1.54, 1.807) is 17.6 Å². The van der Waals surface area contributed by atoms with Crippen LogP contribution < -0.4 is 0 Å². The normalized spacial score (nSPS) is 16.9. The molecule has 0 unspecified atom stereocenters. The molecule has 3 rings (SSSR count). The van der Waals surface area contributed by atoms with Gasteiger partial charge in [0.2, 0.25) is 0 Å². The quantitative estimate of drug-likeness (QED) is 0.758. The lowest BCUT2D eigenvalue weighted by Crippen LogP contribution is -2.08. The highest BCUT2D eigenvalue weighted by Gasteiger charge is 2.22. The Bertz CT molecular complexity index is 417. The van der Waals surface area contributed by atoms with Crippen LogP contribution in [0.3, 0.4) is 0 Å². The summed E-state index contributed by atoms with van der Waals surface area (Å²) in [6.45, 7) is 0. The van der Waals surface area contributed by atoms with Crippen LogP contribution in [0.4, 0.5) is 0 Å². The number of rotatable bonds is 2. The van der Waals surface area contributed by atoms with Gasteiger partial charge < -0.3 is 4.42 Å². The van der Waals surface area contributed by atoms with E-state index in [1.165, 1.54) is 31.4 Å². The standard InChI is InChI=1S/C10H10N2OS/c1-2-7(3-1)9-5-14-10(12-9)8-4-13-6-11-8/h4-7H,1-3H2. The van der Waals surface area contributed by atoms with Crippen molar-refractivity contribution in [3.05, 3.63) is 23.7 Å². The molecule has 0 aromatic carbocycles. The molecule has 1 aliphatic rings. The van der Waals surface area contributed by atoms with E-state index in [9.17, 15) is 0 Å². The third-order valence-electron chi connectivity index (χ3n) is 2.70. The van der Waals surface area contributed by atoms with Gasteiger partial charge >= 0.3 is 0 Å². The summed E-state index contributed by atoms with van der Waals surface area (Å²) in [5.74, 6) is 0.701. The molecule has 2 heterocycles. The van der Waals surface area contributed by atoms with Crippen molar-refractivity contribution in [2.75, 3.05) is 0 Å². The Kier molecular flexibility index (Phi) is 1.87. The molecule has 0 radical (unpaired) electrons. The number of nitrogens with zero attached hydrogens (tertiary/aromatic N) is 2. The van der Waals surface area contributed by atoms with E-state index >= 15 is 0 Å².